The first-order chi connectivity index (χ1) is 50.3. The third-order valence-electron chi connectivity index (χ3n) is 18.3. The van der Waals surface area contributed by atoms with Crippen molar-refractivity contribution in [2.45, 2.75) is 118 Å². The maximum Gasteiger partial charge on any atom is 0.495 e. The van der Waals surface area contributed by atoms with E-state index in [0.717, 1.165) is 20.5 Å². The number of nitrogens with zero attached hydrogens (tertiary/aromatic N) is 12. The molecule has 0 atom stereocenters. The van der Waals surface area contributed by atoms with Crippen molar-refractivity contribution in [2.75, 3.05) is 63.2 Å². The SMILES string of the molecule is CC(=O)OCc1c(-c2cnnc(Nc3ccc(C(=O)N4CCOCC4)cn3)c2)cccc1-n1ncc2cc(C(C)(C)C)cc(F)c2c1=O.CC(=O)OCc1c(B2OC(C)(C)C(C)(C)O2)cccc1-n1ncc2cc(C(C)(C)C)cc(F)c2c1=O.O=C(c1ccc(Nc2cc(Cl)cnn2)nc1)N1CCOCC1. The number of morpholine rings is 2. The third kappa shape index (κ3) is 17.6. The predicted octanol–water partition coefficient (Wildman–Crippen LogP) is 10.9. The van der Waals surface area contributed by atoms with Crippen molar-refractivity contribution in [1.29, 1.82) is 0 Å². The number of halogens is 3. The van der Waals surface area contributed by atoms with E-state index in [1.807, 2.05) is 69.2 Å². The van der Waals surface area contributed by atoms with E-state index in [1.54, 1.807) is 94.7 Å². The lowest BCUT2D eigenvalue weighted by Gasteiger charge is -2.32. The molecule has 2 amide bonds. The van der Waals surface area contributed by atoms with E-state index in [-0.39, 0.29) is 46.6 Å². The second kappa shape index (κ2) is 31.9. The zero-order chi connectivity index (χ0) is 76.0. The van der Waals surface area contributed by atoms with Crippen LogP contribution in [0.25, 0.3) is 44.0 Å². The number of rotatable bonds is 14. The topological polar surface area (TPSA) is 301 Å². The normalized spacial score (nSPS) is 14.9. The van der Waals surface area contributed by atoms with Gasteiger partial charge in [0.2, 0.25) is 0 Å². The molecule has 4 aromatic carbocycles. The van der Waals surface area contributed by atoms with Crippen molar-refractivity contribution in [3.05, 3.63) is 205 Å². The number of pyridine rings is 2. The molecule has 26 nitrogen and oxygen atoms in total. The molecule has 3 aliphatic rings. The molecule has 0 bridgehead atoms. The summed E-state index contributed by atoms with van der Waals surface area (Å²) in [5, 5.41) is 31.9. The Morgan fingerprint density at radius 1 is 0.557 bits per heavy atom. The number of ether oxygens (including phenoxy) is 4. The highest BCUT2D eigenvalue weighted by molar-refractivity contribution is 6.62. The number of carbonyl (C=O) groups excluding carboxylic acids is 4. The highest BCUT2D eigenvalue weighted by atomic mass is 35.5. The summed E-state index contributed by atoms with van der Waals surface area (Å²) in [4.78, 5) is 88.0. The Kier molecular flexibility index (Phi) is 22.9. The Bertz CT molecular complexity index is 5070. The number of benzene rings is 4. The van der Waals surface area contributed by atoms with Crippen LogP contribution in [0.2, 0.25) is 5.02 Å². The molecule has 30 heteroatoms. The summed E-state index contributed by atoms with van der Waals surface area (Å²) in [5.74, 6) is -0.550. The van der Waals surface area contributed by atoms with Crippen molar-refractivity contribution in [1.82, 2.24) is 59.7 Å². The smallest absolute Gasteiger partial charge is 0.461 e. The van der Waals surface area contributed by atoms with Crippen molar-refractivity contribution in [2.24, 2.45) is 0 Å². The molecule has 13 rings (SSSR count). The molecule has 3 fully saturated rings. The first-order valence-electron chi connectivity index (χ1n) is 34.2. The Hall–Kier alpha value is -10.8. The number of hydrogen-bond donors (Lipinski definition) is 2. The van der Waals surface area contributed by atoms with Crippen molar-refractivity contribution < 1.29 is 56.2 Å². The third-order valence-corrected chi connectivity index (χ3v) is 18.5. The summed E-state index contributed by atoms with van der Waals surface area (Å²) in [6.45, 7) is 26.3. The molecule has 0 aliphatic carbocycles. The fourth-order valence-electron chi connectivity index (χ4n) is 11.7. The quantitative estimate of drug-likeness (QED) is 0.0755. The molecule has 106 heavy (non-hydrogen) atoms. The summed E-state index contributed by atoms with van der Waals surface area (Å²) in [5.41, 5.74) is 2.83. The summed E-state index contributed by atoms with van der Waals surface area (Å²) in [6, 6.07) is 26.9. The molecule has 2 N–H and O–H groups in total. The van der Waals surface area contributed by atoms with Gasteiger partial charge >= 0.3 is 19.1 Å². The number of esters is 2. The Balaban J connectivity index is 0.000000170. The standard InChI is InChI=1S/C35H34FN7O5.C27H32BFN2O5.C14H14ClN5O2/c1-21(44)48-20-27-26(6-5-7-29(27)43-34(46)32-24(19-39-43)14-25(16-28(32)36)35(2,3)4)23-15-31(41-38-18-23)40-30-9-8-22(17-37-30)33(45)42-10-12-47-13-11-42;1-16(32)34-15-19-20(28-35-26(5,6)27(7,8)36-28)10-9-11-22(19)31-24(33)23-17(14-30-31)12-18(13-21(23)29)25(2,3)4;15-11-7-13(19-17-9-11)18-12-2-1-10(8-16-12)14(21)20-3-5-22-6-4-20/h5-9,14-19H,10-13,20H2,1-4H3,(H,37,40,41);9-14H,15H2,1-8H3;1-2,7-9H,3-6H2,(H,16,18,19). The Morgan fingerprint density at radius 2 is 1.00 bits per heavy atom. The van der Waals surface area contributed by atoms with Crippen LogP contribution in [0.4, 0.5) is 32.1 Å². The van der Waals surface area contributed by atoms with Crippen LogP contribution in [0.15, 0.2) is 144 Å². The van der Waals surface area contributed by atoms with E-state index in [0.29, 0.717) is 142 Å². The van der Waals surface area contributed by atoms with Crippen LogP contribution in [-0.4, -0.2) is 154 Å². The van der Waals surface area contributed by atoms with Gasteiger partial charge in [-0.15, -0.1) is 10.2 Å². The molecule has 6 aromatic heterocycles. The Labute approximate surface area is 614 Å². The zero-order valence-corrected chi connectivity index (χ0v) is 61.5. The summed E-state index contributed by atoms with van der Waals surface area (Å²) < 4.78 is 66.7. The maximum absolute atomic E-state index is 15.4. The largest absolute Gasteiger partial charge is 0.495 e. The number of hydrogen-bond acceptors (Lipinski definition) is 22. The minimum Gasteiger partial charge on any atom is -0.461 e. The molecule has 0 spiro atoms. The molecule has 9 heterocycles. The van der Waals surface area contributed by atoms with Gasteiger partial charge in [-0.05, 0) is 127 Å². The molecule has 3 aliphatic heterocycles. The van der Waals surface area contributed by atoms with Crippen LogP contribution in [0.1, 0.15) is 126 Å². The van der Waals surface area contributed by atoms with E-state index < -0.39 is 53.0 Å². The highest BCUT2D eigenvalue weighted by Gasteiger charge is 2.52. The minimum atomic E-state index is -0.761. The molecule has 550 valence electrons. The Morgan fingerprint density at radius 3 is 1.44 bits per heavy atom. The fourth-order valence-corrected chi connectivity index (χ4v) is 11.8. The van der Waals surface area contributed by atoms with E-state index in [4.69, 9.17) is 39.9 Å². The number of aromatic nitrogens is 10. The fraction of sp³-hybridized carbons (Fsp3) is 0.342. The van der Waals surface area contributed by atoms with Gasteiger partial charge in [-0.2, -0.15) is 29.8 Å². The average molecular weight is 1470 g/mol. The van der Waals surface area contributed by atoms with Gasteiger partial charge in [-0.1, -0.05) is 77.4 Å². The molecule has 10 aromatic rings. The van der Waals surface area contributed by atoms with Gasteiger partial charge in [0.05, 0.1) is 101 Å². The minimum absolute atomic E-state index is 0.0371. The van der Waals surface area contributed by atoms with E-state index >= 15 is 8.78 Å². The molecular weight excluding hydrogens is 1390 g/mol. The van der Waals surface area contributed by atoms with Crippen LogP contribution in [-0.2, 0) is 61.9 Å². The summed E-state index contributed by atoms with van der Waals surface area (Å²) in [7, 11) is -0.761. The van der Waals surface area contributed by atoms with Crippen molar-refractivity contribution in [3.8, 4) is 22.5 Å². The molecule has 0 saturated carbocycles. The number of nitrogens with one attached hydrogen (secondary N) is 2. The van der Waals surface area contributed by atoms with E-state index in [2.05, 4.69) is 51.2 Å². The number of carbonyl (C=O) groups is 4. The van der Waals surface area contributed by atoms with Gasteiger partial charge in [0.15, 0.2) is 11.6 Å². The van der Waals surface area contributed by atoms with Crippen LogP contribution < -0.4 is 27.2 Å². The summed E-state index contributed by atoms with van der Waals surface area (Å²) >= 11 is 5.84. The van der Waals surface area contributed by atoms with Crippen molar-refractivity contribution in [3.63, 3.8) is 0 Å². The highest BCUT2D eigenvalue weighted by Crippen LogP contribution is 2.38. The predicted molar refractivity (Wildman–Crippen MR) is 395 cm³/mol. The number of fused-ring (bicyclic) bond motifs is 2. The van der Waals surface area contributed by atoms with Crippen LogP contribution in [0, 0.1) is 11.6 Å². The average Bonchev–Trinajstić information content (AvgIpc) is 1.53. The lowest BCUT2D eigenvalue weighted by molar-refractivity contribution is -0.143. The second-order valence-corrected chi connectivity index (χ2v) is 28.8. The number of anilines is 4. The first kappa shape index (κ1) is 76.3. The molecular formula is C76H80BClF2N14O12. The van der Waals surface area contributed by atoms with Gasteiger partial charge < -0.3 is 48.7 Å². The molecule has 0 radical (unpaired) electrons. The van der Waals surface area contributed by atoms with E-state index in [9.17, 15) is 28.8 Å². The zero-order valence-electron chi connectivity index (χ0n) is 60.7. The summed E-state index contributed by atoms with van der Waals surface area (Å²) in [6.07, 6.45) is 8.96. The molecule has 3 saturated heterocycles. The molecule has 0 unspecified atom stereocenters. The van der Waals surface area contributed by atoms with Gasteiger partial charge in [0.1, 0.15) is 36.5 Å². The monoisotopic (exact) mass is 1460 g/mol. The van der Waals surface area contributed by atoms with Crippen molar-refractivity contribution >= 4 is 92.8 Å². The second-order valence-electron chi connectivity index (χ2n) is 28.4. The van der Waals surface area contributed by atoms with Gasteiger partial charge in [0.25, 0.3) is 22.9 Å². The lowest BCUT2D eigenvalue weighted by atomic mass is 9.75. The first-order valence-corrected chi connectivity index (χ1v) is 34.5. The van der Waals surface area contributed by atoms with E-state index in [1.165, 1.54) is 63.2 Å². The lowest BCUT2D eigenvalue weighted by Crippen LogP contribution is -2.41. The van der Waals surface area contributed by atoms with Gasteiger partial charge in [-0.3, -0.25) is 28.8 Å². The van der Waals surface area contributed by atoms with Gasteiger partial charge in [0, 0.05) is 85.9 Å². The van der Waals surface area contributed by atoms with Crippen LogP contribution >= 0.6 is 11.6 Å². The number of amides is 2. The van der Waals surface area contributed by atoms with Crippen LogP contribution in [0.3, 0.4) is 0 Å². The maximum atomic E-state index is 15.4. The van der Waals surface area contributed by atoms with Crippen LogP contribution in [0.5, 0.6) is 0 Å². The van der Waals surface area contributed by atoms with Gasteiger partial charge in [-0.25, -0.2) is 18.7 Å².